The van der Waals surface area contributed by atoms with Crippen LogP contribution in [-0.2, 0) is 4.74 Å². The number of fused-ring (bicyclic) bond motifs is 1. The first kappa shape index (κ1) is 24.3. The normalized spacial score (nSPS) is 19.2. The number of rotatable bonds is 5. The average Bonchev–Trinajstić information content (AvgIpc) is 3.17. The Kier molecular flexibility index (Phi) is 7.49. The lowest BCUT2D eigenvalue weighted by Gasteiger charge is -2.35. The number of hydrogen-bond acceptors (Lipinski definition) is 5. The Morgan fingerprint density at radius 2 is 1.58 bits per heavy atom. The van der Waals surface area contributed by atoms with Crippen molar-refractivity contribution in [2.75, 3.05) is 59.5 Å². The zero-order valence-electron chi connectivity index (χ0n) is 20.8. The lowest BCUT2D eigenvalue weighted by atomic mass is 10.1. The van der Waals surface area contributed by atoms with Gasteiger partial charge in [-0.1, -0.05) is 30.3 Å². The monoisotopic (exact) mass is 487 g/mol. The molecule has 3 aromatic carbocycles. The van der Waals surface area contributed by atoms with E-state index >= 15 is 0 Å². The molecule has 7 nitrogen and oxygen atoms in total. The molecule has 0 aliphatic carbocycles. The fourth-order valence-electron chi connectivity index (χ4n) is 5.08. The molecule has 0 aromatic heterocycles. The molecule has 7 heteroatoms. The van der Waals surface area contributed by atoms with Gasteiger partial charge in [0.05, 0.1) is 19.8 Å². The van der Waals surface area contributed by atoms with Crippen molar-refractivity contribution in [3.63, 3.8) is 0 Å². The highest BCUT2D eigenvalue weighted by atomic mass is 16.5. The van der Waals surface area contributed by atoms with Crippen molar-refractivity contribution in [2.45, 2.75) is 12.5 Å². The molecule has 2 aliphatic rings. The van der Waals surface area contributed by atoms with Gasteiger partial charge in [-0.15, -0.1) is 0 Å². The van der Waals surface area contributed by atoms with Crippen LogP contribution in [0, 0.1) is 0 Å². The molecule has 2 heterocycles. The summed E-state index contributed by atoms with van der Waals surface area (Å²) in [4.78, 5) is 32.4. The largest absolute Gasteiger partial charge is 0.497 e. The summed E-state index contributed by atoms with van der Waals surface area (Å²) in [5.41, 5.74) is 1.40. The van der Waals surface area contributed by atoms with Gasteiger partial charge in [-0.2, -0.15) is 0 Å². The van der Waals surface area contributed by atoms with Crippen LogP contribution >= 0.6 is 0 Å². The summed E-state index contributed by atoms with van der Waals surface area (Å²) in [5.74, 6) is 0.850. The molecule has 1 atom stereocenters. The third-order valence-electron chi connectivity index (χ3n) is 7.10. The van der Waals surface area contributed by atoms with Crippen LogP contribution in [0.5, 0.6) is 5.75 Å². The fraction of sp³-hybridized carbons (Fsp3) is 0.379. The van der Waals surface area contributed by atoms with Crippen LogP contribution in [0.1, 0.15) is 27.1 Å². The number of morpholine rings is 1. The zero-order valence-corrected chi connectivity index (χ0v) is 20.8. The topological polar surface area (TPSA) is 62.3 Å². The summed E-state index contributed by atoms with van der Waals surface area (Å²) < 4.78 is 11.2. The number of nitrogens with zero attached hydrogens (tertiary/aromatic N) is 3. The second-order valence-corrected chi connectivity index (χ2v) is 9.48. The standard InChI is InChI=1S/C29H33N3O4/c1-35-26-11-9-23(10-12-26)28(33)32-17-18-36-27(21-32)20-30-13-4-14-31(16-15-30)29(34)25-8-7-22-5-2-3-6-24(22)19-25/h2-3,5-12,19,27H,4,13-18,20-21H2,1H3/t27-/m0/s1. The number of carbonyl (C=O) groups is 2. The molecule has 0 saturated carbocycles. The molecule has 0 bridgehead atoms. The first-order valence-electron chi connectivity index (χ1n) is 12.7. The maximum absolute atomic E-state index is 13.2. The van der Waals surface area contributed by atoms with Gasteiger partial charge in [0, 0.05) is 50.4 Å². The van der Waals surface area contributed by atoms with Crippen LogP contribution < -0.4 is 4.74 Å². The minimum absolute atomic E-state index is 0.0222. The molecule has 3 aromatic rings. The first-order valence-corrected chi connectivity index (χ1v) is 12.7. The lowest BCUT2D eigenvalue weighted by molar-refractivity contribution is -0.0353. The number of hydrogen-bond donors (Lipinski definition) is 0. The van der Waals surface area contributed by atoms with Gasteiger partial charge in [0.25, 0.3) is 11.8 Å². The van der Waals surface area contributed by atoms with Crippen LogP contribution in [0.25, 0.3) is 10.8 Å². The number of ether oxygens (including phenoxy) is 2. The molecule has 2 fully saturated rings. The minimum Gasteiger partial charge on any atom is -0.497 e. The Balaban J connectivity index is 1.16. The molecular formula is C29H33N3O4. The van der Waals surface area contributed by atoms with Gasteiger partial charge in [0.15, 0.2) is 0 Å². The molecule has 2 amide bonds. The van der Waals surface area contributed by atoms with E-state index in [4.69, 9.17) is 9.47 Å². The van der Waals surface area contributed by atoms with E-state index in [1.54, 1.807) is 7.11 Å². The first-order chi connectivity index (χ1) is 17.6. The van der Waals surface area contributed by atoms with Crippen molar-refractivity contribution in [3.05, 3.63) is 77.9 Å². The summed E-state index contributed by atoms with van der Waals surface area (Å²) in [7, 11) is 1.62. The Hall–Kier alpha value is -3.42. The smallest absolute Gasteiger partial charge is 0.254 e. The predicted octanol–water partition coefficient (Wildman–Crippen LogP) is 3.54. The molecule has 0 spiro atoms. The van der Waals surface area contributed by atoms with Crippen molar-refractivity contribution in [1.82, 2.24) is 14.7 Å². The third kappa shape index (κ3) is 5.53. The van der Waals surface area contributed by atoms with E-state index in [9.17, 15) is 9.59 Å². The highest BCUT2D eigenvalue weighted by molar-refractivity contribution is 5.98. The number of carbonyl (C=O) groups excluding carboxylic acids is 2. The Bertz CT molecular complexity index is 1210. The SMILES string of the molecule is COc1ccc(C(=O)N2CCO[C@@H](CN3CCCN(C(=O)c4ccc5ccccc5c4)CC3)C2)cc1. The molecule has 0 radical (unpaired) electrons. The molecular weight excluding hydrogens is 454 g/mol. The summed E-state index contributed by atoms with van der Waals surface area (Å²) >= 11 is 0. The highest BCUT2D eigenvalue weighted by Crippen LogP contribution is 2.19. The Labute approximate surface area is 212 Å². The van der Waals surface area contributed by atoms with Crippen molar-refractivity contribution >= 4 is 22.6 Å². The van der Waals surface area contributed by atoms with Crippen LogP contribution in [0.15, 0.2) is 66.7 Å². The van der Waals surface area contributed by atoms with Gasteiger partial charge in [0.1, 0.15) is 5.75 Å². The average molecular weight is 488 g/mol. The van der Waals surface area contributed by atoms with Crippen LogP contribution in [0.4, 0.5) is 0 Å². The molecule has 0 unspecified atom stereocenters. The summed E-state index contributed by atoms with van der Waals surface area (Å²) in [5, 5.41) is 2.23. The zero-order chi connectivity index (χ0) is 24.9. The van der Waals surface area contributed by atoms with Gasteiger partial charge >= 0.3 is 0 Å². The van der Waals surface area contributed by atoms with E-state index in [-0.39, 0.29) is 17.9 Å². The maximum atomic E-state index is 13.2. The molecule has 2 saturated heterocycles. The van der Waals surface area contributed by atoms with E-state index in [2.05, 4.69) is 11.0 Å². The number of benzene rings is 3. The number of amides is 2. The molecule has 2 aliphatic heterocycles. The van der Waals surface area contributed by atoms with Crippen molar-refractivity contribution in [3.8, 4) is 5.75 Å². The van der Waals surface area contributed by atoms with Gasteiger partial charge in [-0.3, -0.25) is 14.5 Å². The molecule has 5 rings (SSSR count). The summed E-state index contributed by atoms with van der Waals surface area (Å²) in [6, 6.07) is 21.3. The van der Waals surface area contributed by atoms with Crippen LogP contribution in [0.2, 0.25) is 0 Å². The second-order valence-electron chi connectivity index (χ2n) is 9.48. The van der Waals surface area contributed by atoms with E-state index in [1.165, 1.54) is 0 Å². The maximum Gasteiger partial charge on any atom is 0.254 e. The van der Waals surface area contributed by atoms with Crippen LogP contribution in [0.3, 0.4) is 0 Å². The quantitative estimate of drug-likeness (QED) is 0.551. The molecule has 36 heavy (non-hydrogen) atoms. The predicted molar refractivity (Wildman–Crippen MR) is 140 cm³/mol. The summed E-state index contributed by atoms with van der Waals surface area (Å²) in [6.45, 7) is 5.59. The van der Waals surface area contributed by atoms with E-state index < -0.39 is 0 Å². The van der Waals surface area contributed by atoms with Gasteiger partial charge in [-0.05, 0) is 60.1 Å². The lowest BCUT2D eigenvalue weighted by Crippen LogP contribution is -2.50. The van der Waals surface area contributed by atoms with Crippen LogP contribution in [-0.4, -0.2) is 92.1 Å². The van der Waals surface area contributed by atoms with Gasteiger partial charge in [0.2, 0.25) is 0 Å². The van der Waals surface area contributed by atoms with Crippen molar-refractivity contribution in [2.24, 2.45) is 0 Å². The fourth-order valence-corrected chi connectivity index (χ4v) is 5.08. The van der Waals surface area contributed by atoms with Crippen molar-refractivity contribution < 1.29 is 19.1 Å². The van der Waals surface area contributed by atoms with Crippen molar-refractivity contribution in [1.29, 1.82) is 0 Å². The van der Waals surface area contributed by atoms with E-state index in [0.717, 1.165) is 54.7 Å². The number of methoxy groups -OCH3 is 1. The van der Waals surface area contributed by atoms with Gasteiger partial charge in [-0.25, -0.2) is 0 Å². The summed E-state index contributed by atoms with van der Waals surface area (Å²) in [6.07, 6.45) is 0.879. The van der Waals surface area contributed by atoms with Gasteiger partial charge < -0.3 is 19.3 Å². The minimum atomic E-state index is -0.0383. The van der Waals surface area contributed by atoms with E-state index in [0.29, 0.717) is 31.8 Å². The Morgan fingerprint density at radius 1 is 0.833 bits per heavy atom. The molecule has 0 N–H and O–H groups in total. The Morgan fingerprint density at radius 3 is 2.39 bits per heavy atom. The molecule has 188 valence electrons. The third-order valence-corrected chi connectivity index (χ3v) is 7.10. The highest BCUT2D eigenvalue weighted by Gasteiger charge is 2.28. The van der Waals surface area contributed by atoms with E-state index in [1.807, 2.05) is 70.5 Å². The second kappa shape index (κ2) is 11.1.